The molecule has 4 rings (SSSR count). The molecule has 1 unspecified atom stereocenters. The van der Waals surface area contributed by atoms with Crippen LogP contribution in [0.3, 0.4) is 0 Å². The molecule has 144 valence electrons. The molecule has 0 bridgehead atoms. The zero-order chi connectivity index (χ0) is 18.7. The Labute approximate surface area is 160 Å². The largest absolute Gasteiger partial charge is 0.490 e. The summed E-state index contributed by atoms with van der Waals surface area (Å²) in [7, 11) is -3.60. The van der Waals surface area contributed by atoms with Gasteiger partial charge in [-0.05, 0) is 24.1 Å². The van der Waals surface area contributed by atoms with Crippen LogP contribution in [0.2, 0.25) is 0 Å². The van der Waals surface area contributed by atoms with Crippen molar-refractivity contribution >= 4 is 10.0 Å². The van der Waals surface area contributed by atoms with Crippen molar-refractivity contribution in [1.82, 2.24) is 9.62 Å². The number of ether oxygens (including phenoxy) is 2. The van der Waals surface area contributed by atoms with Gasteiger partial charge in [0.05, 0.1) is 18.1 Å². The highest BCUT2D eigenvalue weighted by Gasteiger charge is 2.28. The van der Waals surface area contributed by atoms with Gasteiger partial charge in [0.2, 0.25) is 10.0 Å². The molecule has 2 aromatic carbocycles. The molecule has 6 nitrogen and oxygen atoms in total. The van der Waals surface area contributed by atoms with Gasteiger partial charge >= 0.3 is 0 Å². The second-order valence-corrected chi connectivity index (χ2v) is 8.70. The summed E-state index contributed by atoms with van der Waals surface area (Å²) in [4.78, 5) is 2.49. The van der Waals surface area contributed by atoms with E-state index in [-0.39, 0.29) is 10.9 Å². The van der Waals surface area contributed by atoms with E-state index in [1.807, 2.05) is 18.2 Å². The first-order chi connectivity index (χ1) is 13.1. The minimum absolute atomic E-state index is 0.0882. The first-order valence-electron chi connectivity index (χ1n) is 9.28. The number of hydrogen-bond donors (Lipinski definition) is 1. The van der Waals surface area contributed by atoms with Crippen LogP contribution in [0.5, 0.6) is 11.5 Å². The van der Waals surface area contributed by atoms with Gasteiger partial charge in [0.15, 0.2) is 11.5 Å². The minimum atomic E-state index is -3.60. The summed E-state index contributed by atoms with van der Waals surface area (Å²) in [6.45, 7) is 3.53. The molecule has 0 aliphatic carbocycles. The number of benzene rings is 2. The summed E-state index contributed by atoms with van der Waals surface area (Å²) in [5, 5.41) is 0. The molecule has 0 radical (unpaired) electrons. The van der Waals surface area contributed by atoms with Crippen LogP contribution in [0.15, 0.2) is 53.4 Å². The van der Waals surface area contributed by atoms with Crippen LogP contribution in [0.4, 0.5) is 0 Å². The third-order valence-electron chi connectivity index (χ3n) is 4.87. The van der Waals surface area contributed by atoms with Crippen LogP contribution in [-0.4, -0.2) is 45.7 Å². The van der Waals surface area contributed by atoms with E-state index in [9.17, 15) is 8.42 Å². The molecule has 2 aromatic rings. The van der Waals surface area contributed by atoms with Crippen LogP contribution < -0.4 is 14.2 Å². The molecule has 2 aliphatic rings. The SMILES string of the molecule is O=S(=O)(NC1CCN(Cc2ccccc2)C1)c1ccc2c(c1)OCCCO2. The lowest BCUT2D eigenvalue weighted by Gasteiger charge is -2.17. The fourth-order valence-corrected chi connectivity index (χ4v) is 4.79. The molecule has 2 aliphatic heterocycles. The smallest absolute Gasteiger partial charge is 0.241 e. The summed E-state index contributed by atoms with van der Waals surface area (Å²) in [5.41, 5.74) is 1.24. The number of fused-ring (bicyclic) bond motifs is 1. The third kappa shape index (κ3) is 4.43. The normalized spacial score (nSPS) is 20.4. The zero-order valence-electron chi connectivity index (χ0n) is 15.1. The molecule has 1 N–H and O–H groups in total. The molecular formula is C20H24N2O4S. The molecular weight excluding hydrogens is 364 g/mol. The second kappa shape index (κ2) is 7.88. The Balaban J connectivity index is 1.41. The lowest BCUT2D eigenvalue weighted by molar-refractivity contribution is 0.297. The van der Waals surface area contributed by atoms with Crippen LogP contribution in [-0.2, 0) is 16.6 Å². The van der Waals surface area contributed by atoms with Crippen LogP contribution in [0, 0.1) is 0 Å². The zero-order valence-corrected chi connectivity index (χ0v) is 16.0. The number of nitrogens with one attached hydrogen (secondary N) is 1. The Kier molecular flexibility index (Phi) is 5.33. The highest BCUT2D eigenvalue weighted by atomic mass is 32.2. The molecule has 2 heterocycles. The number of hydrogen-bond acceptors (Lipinski definition) is 5. The van der Waals surface area contributed by atoms with E-state index in [4.69, 9.17) is 9.47 Å². The highest BCUT2D eigenvalue weighted by Crippen LogP contribution is 2.32. The molecule has 0 amide bonds. The molecule has 1 fully saturated rings. The van der Waals surface area contributed by atoms with Crippen molar-refractivity contribution in [2.24, 2.45) is 0 Å². The monoisotopic (exact) mass is 388 g/mol. The Bertz CT molecular complexity index is 886. The summed E-state index contributed by atoms with van der Waals surface area (Å²) in [6.07, 6.45) is 1.59. The predicted octanol–water partition coefficient (Wildman–Crippen LogP) is 2.40. The van der Waals surface area contributed by atoms with E-state index < -0.39 is 10.0 Å². The van der Waals surface area contributed by atoms with Gasteiger partial charge in [-0.25, -0.2) is 13.1 Å². The molecule has 0 aromatic heterocycles. The van der Waals surface area contributed by atoms with Gasteiger partial charge in [-0.15, -0.1) is 0 Å². The van der Waals surface area contributed by atoms with E-state index in [1.165, 1.54) is 5.56 Å². The number of rotatable bonds is 5. The van der Waals surface area contributed by atoms with Gasteiger partial charge in [-0.3, -0.25) is 4.90 Å². The second-order valence-electron chi connectivity index (χ2n) is 6.99. The molecule has 27 heavy (non-hydrogen) atoms. The fourth-order valence-electron chi connectivity index (χ4n) is 3.51. The van der Waals surface area contributed by atoms with Crippen molar-refractivity contribution in [2.75, 3.05) is 26.3 Å². The Morgan fingerprint density at radius 1 is 1.04 bits per heavy atom. The Morgan fingerprint density at radius 3 is 2.63 bits per heavy atom. The molecule has 0 saturated carbocycles. The average molecular weight is 388 g/mol. The van der Waals surface area contributed by atoms with Gasteiger partial charge in [0, 0.05) is 38.2 Å². The number of nitrogens with zero attached hydrogens (tertiary/aromatic N) is 1. The van der Waals surface area contributed by atoms with Crippen molar-refractivity contribution in [1.29, 1.82) is 0 Å². The van der Waals surface area contributed by atoms with E-state index >= 15 is 0 Å². The van der Waals surface area contributed by atoms with Crippen molar-refractivity contribution in [2.45, 2.75) is 30.3 Å². The summed E-state index contributed by atoms with van der Waals surface area (Å²) >= 11 is 0. The molecule has 1 saturated heterocycles. The first-order valence-corrected chi connectivity index (χ1v) is 10.8. The van der Waals surface area contributed by atoms with Crippen molar-refractivity contribution in [3.05, 3.63) is 54.1 Å². The van der Waals surface area contributed by atoms with Crippen molar-refractivity contribution in [3.8, 4) is 11.5 Å². The number of sulfonamides is 1. The van der Waals surface area contributed by atoms with Gasteiger partial charge in [-0.2, -0.15) is 0 Å². The number of likely N-dealkylation sites (tertiary alicyclic amines) is 1. The van der Waals surface area contributed by atoms with E-state index in [2.05, 4.69) is 21.8 Å². The van der Waals surface area contributed by atoms with E-state index in [0.29, 0.717) is 31.3 Å². The average Bonchev–Trinajstić information content (AvgIpc) is 2.95. The highest BCUT2D eigenvalue weighted by molar-refractivity contribution is 7.89. The minimum Gasteiger partial charge on any atom is -0.490 e. The maximum absolute atomic E-state index is 12.8. The quantitative estimate of drug-likeness (QED) is 0.852. The van der Waals surface area contributed by atoms with Crippen molar-refractivity contribution < 1.29 is 17.9 Å². The maximum atomic E-state index is 12.8. The third-order valence-corrected chi connectivity index (χ3v) is 6.39. The molecule has 1 atom stereocenters. The lowest BCUT2D eigenvalue weighted by Crippen LogP contribution is -2.36. The fraction of sp³-hybridized carbons (Fsp3) is 0.400. The van der Waals surface area contributed by atoms with Gasteiger partial charge in [0.1, 0.15) is 0 Å². The first kappa shape index (κ1) is 18.3. The molecule has 7 heteroatoms. The Morgan fingerprint density at radius 2 is 1.81 bits per heavy atom. The van der Waals surface area contributed by atoms with E-state index in [0.717, 1.165) is 25.9 Å². The Hall–Kier alpha value is -2.09. The van der Waals surface area contributed by atoms with Gasteiger partial charge < -0.3 is 9.47 Å². The van der Waals surface area contributed by atoms with Crippen LogP contribution in [0.25, 0.3) is 0 Å². The standard InChI is InChI=1S/C20H24N2O4S/c23-27(24,18-7-8-19-20(13-18)26-12-4-11-25-19)21-17-9-10-22(15-17)14-16-5-2-1-3-6-16/h1-3,5-8,13,17,21H,4,9-12,14-15H2. The van der Waals surface area contributed by atoms with Gasteiger partial charge in [-0.1, -0.05) is 30.3 Å². The van der Waals surface area contributed by atoms with Crippen LogP contribution >= 0.6 is 0 Å². The summed E-state index contributed by atoms with van der Waals surface area (Å²) in [5.74, 6) is 1.09. The molecule has 0 spiro atoms. The van der Waals surface area contributed by atoms with Gasteiger partial charge in [0.25, 0.3) is 0 Å². The van der Waals surface area contributed by atoms with Crippen LogP contribution in [0.1, 0.15) is 18.4 Å². The lowest BCUT2D eigenvalue weighted by atomic mass is 10.2. The predicted molar refractivity (Wildman–Crippen MR) is 102 cm³/mol. The topological polar surface area (TPSA) is 67.9 Å². The maximum Gasteiger partial charge on any atom is 0.241 e. The summed E-state index contributed by atoms with van der Waals surface area (Å²) in [6, 6.07) is 14.9. The van der Waals surface area contributed by atoms with Crippen molar-refractivity contribution in [3.63, 3.8) is 0 Å². The summed E-state index contributed by atoms with van der Waals surface area (Å²) < 4.78 is 39.6. The van der Waals surface area contributed by atoms with E-state index in [1.54, 1.807) is 18.2 Å².